The zero-order valence-electron chi connectivity index (χ0n) is 5.83. The van der Waals surface area contributed by atoms with E-state index in [4.69, 9.17) is 22.3 Å². The van der Waals surface area contributed by atoms with Crippen LogP contribution in [0.2, 0.25) is 0 Å². The number of thioether (sulfide) groups is 2. The second kappa shape index (κ2) is 6.11. The molecule has 4 nitrogen and oxygen atoms in total. The minimum Gasteiger partial charge on any atom is -0.379 e. The summed E-state index contributed by atoms with van der Waals surface area (Å²) in [5, 5.41) is 15.5. The molecule has 0 aromatic carbocycles. The first-order chi connectivity index (χ1) is 5.13. The van der Waals surface area contributed by atoms with Crippen LogP contribution in [0.5, 0.6) is 0 Å². The van der Waals surface area contributed by atoms with Crippen molar-refractivity contribution in [2.45, 2.75) is 0 Å². The molecule has 0 aromatic rings. The summed E-state index contributed by atoms with van der Waals surface area (Å²) >= 11 is 2.37. The SMILES string of the molecule is N=C(N)S/C=C/CSC(=N)N. The highest BCUT2D eigenvalue weighted by Crippen LogP contribution is 2.03. The molecule has 0 aromatic heterocycles. The molecular weight excluding hydrogens is 180 g/mol. The maximum absolute atomic E-state index is 6.85. The van der Waals surface area contributed by atoms with E-state index in [2.05, 4.69) is 0 Å². The normalized spacial score (nSPS) is 10.2. The van der Waals surface area contributed by atoms with Gasteiger partial charge >= 0.3 is 0 Å². The molecular formula is C5H10N4S2. The molecule has 0 bridgehead atoms. The van der Waals surface area contributed by atoms with Gasteiger partial charge in [0, 0.05) is 5.75 Å². The summed E-state index contributed by atoms with van der Waals surface area (Å²) < 4.78 is 0. The highest BCUT2D eigenvalue weighted by Gasteiger charge is 1.86. The van der Waals surface area contributed by atoms with Crippen molar-refractivity contribution in [2.75, 3.05) is 5.75 Å². The first-order valence-electron chi connectivity index (χ1n) is 2.75. The van der Waals surface area contributed by atoms with Gasteiger partial charge in [-0.1, -0.05) is 29.6 Å². The molecule has 0 atom stereocenters. The van der Waals surface area contributed by atoms with Crippen molar-refractivity contribution in [2.24, 2.45) is 11.5 Å². The largest absolute Gasteiger partial charge is 0.379 e. The molecule has 0 fully saturated rings. The van der Waals surface area contributed by atoms with Gasteiger partial charge in [0.2, 0.25) is 0 Å². The molecule has 0 spiro atoms. The van der Waals surface area contributed by atoms with Crippen molar-refractivity contribution in [3.63, 3.8) is 0 Å². The Morgan fingerprint density at radius 3 is 2.36 bits per heavy atom. The Morgan fingerprint density at radius 2 is 1.91 bits per heavy atom. The Kier molecular flexibility index (Phi) is 5.77. The van der Waals surface area contributed by atoms with Crippen molar-refractivity contribution in [3.8, 4) is 0 Å². The van der Waals surface area contributed by atoms with Crippen LogP contribution in [0, 0.1) is 10.8 Å². The van der Waals surface area contributed by atoms with Gasteiger partial charge in [0.1, 0.15) is 0 Å². The van der Waals surface area contributed by atoms with Crippen LogP contribution in [0.25, 0.3) is 0 Å². The van der Waals surface area contributed by atoms with E-state index >= 15 is 0 Å². The monoisotopic (exact) mass is 190 g/mol. The van der Waals surface area contributed by atoms with E-state index in [-0.39, 0.29) is 10.3 Å². The molecule has 0 heterocycles. The molecule has 0 rings (SSSR count). The van der Waals surface area contributed by atoms with Gasteiger partial charge in [0.15, 0.2) is 10.3 Å². The van der Waals surface area contributed by atoms with Gasteiger partial charge in [-0.15, -0.1) is 0 Å². The van der Waals surface area contributed by atoms with Gasteiger partial charge in [-0.2, -0.15) is 0 Å². The van der Waals surface area contributed by atoms with Crippen molar-refractivity contribution in [3.05, 3.63) is 11.5 Å². The maximum Gasteiger partial charge on any atom is 0.155 e. The molecule has 0 aliphatic carbocycles. The summed E-state index contributed by atoms with van der Waals surface area (Å²) in [6.07, 6.45) is 1.80. The lowest BCUT2D eigenvalue weighted by Gasteiger charge is -1.90. The first-order valence-corrected chi connectivity index (χ1v) is 4.62. The zero-order chi connectivity index (χ0) is 8.69. The van der Waals surface area contributed by atoms with Crippen molar-refractivity contribution in [1.82, 2.24) is 0 Å². The molecule has 6 heteroatoms. The Morgan fingerprint density at radius 1 is 1.27 bits per heavy atom. The minimum absolute atomic E-state index is 0.0640. The lowest BCUT2D eigenvalue weighted by atomic mass is 10.8. The summed E-state index contributed by atoms with van der Waals surface area (Å²) in [7, 11) is 0. The standard InChI is InChI=1S/C5H10N4S2/c6-4(7)10-2-1-3-11-5(8)9/h1-2H,3H2,(H3,6,7)(H3,8,9)/b2-1+. The minimum atomic E-state index is 0.0640. The molecule has 0 amide bonds. The van der Waals surface area contributed by atoms with Crippen LogP contribution in [0.1, 0.15) is 0 Å². The summed E-state index contributed by atoms with van der Waals surface area (Å²) in [4.78, 5) is 0. The smallest absolute Gasteiger partial charge is 0.155 e. The van der Waals surface area contributed by atoms with Crippen LogP contribution in [0.4, 0.5) is 0 Å². The van der Waals surface area contributed by atoms with Crippen LogP contribution < -0.4 is 11.5 Å². The fourth-order valence-corrected chi connectivity index (χ4v) is 1.13. The molecule has 0 aliphatic heterocycles. The predicted octanol–water partition coefficient (Wildman–Crippen LogP) is 0.753. The topological polar surface area (TPSA) is 99.7 Å². The quantitative estimate of drug-likeness (QED) is 0.390. The van der Waals surface area contributed by atoms with Crippen molar-refractivity contribution < 1.29 is 0 Å². The molecule has 0 aliphatic rings. The Bertz CT molecular complexity index is 177. The van der Waals surface area contributed by atoms with Crippen molar-refractivity contribution in [1.29, 1.82) is 10.8 Å². The average molecular weight is 190 g/mol. The van der Waals surface area contributed by atoms with Crippen LogP contribution in [0.3, 0.4) is 0 Å². The van der Waals surface area contributed by atoms with E-state index in [9.17, 15) is 0 Å². The number of nitrogens with two attached hydrogens (primary N) is 2. The Labute approximate surface area is 73.8 Å². The lowest BCUT2D eigenvalue weighted by Crippen LogP contribution is -2.03. The Hall–Kier alpha value is -0.620. The van der Waals surface area contributed by atoms with Gasteiger partial charge in [0.25, 0.3) is 0 Å². The molecule has 0 radical (unpaired) electrons. The first kappa shape index (κ1) is 10.4. The second-order valence-corrected chi connectivity index (χ2v) is 3.54. The predicted molar refractivity (Wildman–Crippen MR) is 53.0 cm³/mol. The molecule has 0 saturated carbocycles. The third-order valence-electron chi connectivity index (χ3n) is 0.626. The van der Waals surface area contributed by atoms with E-state index < -0.39 is 0 Å². The van der Waals surface area contributed by atoms with E-state index in [1.807, 2.05) is 0 Å². The van der Waals surface area contributed by atoms with Crippen LogP contribution >= 0.6 is 23.5 Å². The summed E-state index contributed by atoms with van der Waals surface area (Å²) in [6, 6.07) is 0. The molecule has 62 valence electrons. The number of hydrogen-bond acceptors (Lipinski definition) is 4. The van der Waals surface area contributed by atoms with Crippen molar-refractivity contribution >= 4 is 33.9 Å². The van der Waals surface area contributed by atoms with E-state index in [1.165, 1.54) is 11.8 Å². The van der Waals surface area contributed by atoms with Gasteiger partial charge in [-0.25, -0.2) is 0 Å². The van der Waals surface area contributed by atoms with E-state index in [0.717, 1.165) is 11.8 Å². The number of nitrogens with one attached hydrogen (secondary N) is 2. The zero-order valence-corrected chi connectivity index (χ0v) is 7.47. The number of rotatable bonds is 3. The van der Waals surface area contributed by atoms with E-state index in [0.29, 0.717) is 5.75 Å². The fraction of sp³-hybridized carbons (Fsp3) is 0.200. The second-order valence-electron chi connectivity index (χ2n) is 1.53. The lowest BCUT2D eigenvalue weighted by molar-refractivity contribution is 1.50. The molecule has 0 unspecified atom stereocenters. The summed E-state index contributed by atoms with van der Waals surface area (Å²) in [5.41, 5.74) is 10.1. The van der Waals surface area contributed by atoms with Gasteiger partial charge in [-0.05, 0) is 5.41 Å². The summed E-state index contributed by atoms with van der Waals surface area (Å²) in [5.74, 6) is 0.648. The molecule has 6 N–H and O–H groups in total. The summed E-state index contributed by atoms with van der Waals surface area (Å²) in [6.45, 7) is 0. The highest BCUT2D eigenvalue weighted by molar-refractivity contribution is 8.16. The third kappa shape index (κ3) is 9.38. The Balaban J connectivity index is 3.30. The maximum atomic E-state index is 6.85. The highest BCUT2D eigenvalue weighted by atomic mass is 32.2. The molecule has 0 saturated heterocycles. The number of hydrogen-bond donors (Lipinski definition) is 4. The number of amidine groups is 2. The van der Waals surface area contributed by atoms with Gasteiger partial charge in [-0.3, -0.25) is 10.8 Å². The van der Waals surface area contributed by atoms with Gasteiger partial charge in [0.05, 0.1) is 0 Å². The van der Waals surface area contributed by atoms with Crippen LogP contribution in [-0.4, -0.2) is 16.1 Å². The van der Waals surface area contributed by atoms with Gasteiger partial charge < -0.3 is 11.5 Å². The van der Waals surface area contributed by atoms with Crippen LogP contribution in [0.15, 0.2) is 11.5 Å². The van der Waals surface area contributed by atoms with E-state index in [1.54, 1.807) is 11.5 Å². The molecule has 11 heavy (non-hydrogen) atoms. The fourth-order valence-electron chi connectivity index (χ4n) is 0.299. The average Bonchev–Trinajstić information content (AvgIpc) is 1.85. The van der Waals surface area contributed by atoms with Crippen LogP contribution in [-0.2, 0) is 0 Å². The third-order valence-corrected chi connectivity index (χ3v) is 1.88.